The van der Waals surface area contributed by atoms with Gasteiger partial charge < -0.3 is 0 Å². The topological polar surface area (TPSA) is 0 Å². The first-order valence-corrected chi connectivity index (χ1v) is 4.13. The van der Waals surface area contributed by atoms with Crippen LogP contribution in [0.2, 0.25) is 0 Å². The van der Waals surface area contributed by atoms with Crippen LogP contribution < -0.4 is 5.30 Å². The maximum Gasteiger partial charge on any atom is 0 e. The highest BCUT2D eigenvalue weighted by molar-refractivity contribution is 7.27. The molecule has 0 heterocycles. The molecule has 1 rings (SSSR count). The van der Waals surface area contributed by atoms with Crippen molar-refractivity contribution < 1.29 is 1.43 Å². The first kappa shape index (κ1) is 11.1. The molecule has 2 heteroatoms. The third kappa shape index (κ3) is 3.32. The van der Waals surface area contributed by atoms with Gasteiger partial charge in [-0.3, -0.25) is 0 Å². The van der Waals surface area contributed by atoms with Gasteiger partial charge in [0.15, 0.2) is 0 Å². The predicted octanol–water partition coefficient (Wildman–Crippen LogP) is 2.61. The van der Waals surface area contributed by atoms with Crippen LogP contribution in [-0.4, -0.2) is 0 Å². The summed E-state index contributed by atoms with van der Waals surface area (Å²) in [7, 11) is 2.68. The van der Waals surface area contributed by atoms with Crippen LogP contribution in [0.5, 0.6) is 0 Å². The molecule has 2 unspecified atom stereocenters. The van der Waals surface area contributed by atoms with Crippen LogP contribution in [0.3, 0.4) is 0 Å². The lowest BCUT2D eigenvalue weighted by Crippen LogP contribution is -1.92. The molecular formula is C9H18P2. The Kier molecular flexibility index (Phi) is 4.89. The van der Waals surface area contributed by atoms with Gasteiger partial charge >= 0.3 is 0 Å². The number of hydrogen-bond acceptors (Lipinski definition) is 0. The largest absolute Gasteiger partial charge is 0.153 e. The molecule has 1 aromatic carbocycles. The van der Waals surface area contributed by atoms with Crippen LogP contribution >= 0.6 is 19.1 Å². The second-order valence-electron chi connectivity index (χ2n) is 2.82. The molecule has 0 radical (unpaired) electrons. The summed E-state index contributed by atoms with van der Waals surface area (Å²) in [6.45, 7) is 4.41. The third-order valence-corrected chi connectivity index (χ3v) is 1.99. The van der Waals surface area contributed by atoms with E-state index in [4.69, 9.17) is 0 Å². The lowest BCUT2D eigenvalue weighted by atomic mass is 10.0. The summed E-state index contributed by atoms with van der Waals surface area (Å²) >= 11 is 0. The molecule has 0 aliphatic heterocycles. The van der Waals surface area contributed by atoms with E-state index in [0.29, 0.717) is 5.92 Å². The molecule has 0 aromatic heterocycles. The van der Waals surface area contributed by atoms with Gasteiger partial charge in [-0.2, -0.15) is 9.90 Å². The van der Waals surface area contributed by atoms with Gasteiger partial charge in [-0.15, -0.1) is 9.24 Å². The van der Waals surface area contributed by atoms with E-state index in [1.807, 2.05) is 0 Å². The minimum absolute atomic E-state index is 0. The Labute approximate surface area is 76.1 Å². The molecule has 0 fully saturated rings. The summed E-state index contributed by atoms with van der Waals surface area (Å²) in [6.07, 6.45) is 0. The summed E-state index contributed by atoms with van der Waals surface area (Å²) < 4.78 is 0. The second-order valence-corrected chi connectivity index (χ2v) is 3.49. The van der Waals surface area contributed by atoms with E-state index in [1.54, 1.807) is 0 Å². The summed E-state index contributed by atoms with van der Waals surface area (Å²) in [5.74, 6) is 0.644. The van der Waals surface area contributed by atoms with Crippen LogP contribution in [-0.2, 0) is 0 Å². The Bertz CT molecular complexity index is 206. The van der Waals surface area contributed by atoms with Crippen molar-refractivity contribution in [3.05, 3.63) is 29.8 Å². The number of rotatable bonds is 1. The van der Waals surface area contributed by atoms with Gasteiger partial charge in [-0.25, -0.2) is 0 Å². The smallest absolute Gasteiger partial charge is 0 e. The lowest BCUT2D eigenvalue weighted by Gasteiger charge is -2.03. The molecule has 0 N–H and O–H groups in total. The Balaban J connectivity index is 0. The first-order chi connectivity index (χ1) is 4.70. The van der Waals surface area contributed by atoms with Gasteiger partial charge in [-0.05, 0) is 16.8 Å². The predicted molar refractivity (Wildman–Crippen MR) is 63.1 cm³/mol. The van der Waals surface area contributed by atoms with Gasteiger partial charge in [0.05, 0.1) is 0 Å². The average Bonchev–Trinajstić information content (AvgIpc) is 1.88. The van der Waals surface area contributed by atoms with Gasteiger partial charge in [0.25, 0.3) is 0 Å². The minimum Gasteiger partial charge on any atom is -0.153 e. The summed E-state index contributed by atoms with van der Waals surface area (Å²) in [4.78, 5) is 0. The van der Waals surface area contributed by atoms with Crippen LogP contribution in [0.4, 0.5) is 0 Å². The van der Waals surface area contributed by atoms with Gasteiger partial charge in [0.1, 0.15) is 0 Å². The molecule has 1 aromatic rings. The third-order valence-electron chi connectivity index (χ3n) is 1.60. The highest BCUT2D eigenvalue weighted by Crippen LogP contribution is 2.11. The molecule has 64 valence electrons. The molecule has 0 amide bonds. The van der Waals surface area contributed by atoms with Crippen LogP contribution in [0.25, 0.3) is 0 Å². The maximum absolute atomic E-state index is 2.68. The van der Waals surface area contributed by atoms with Crippen molar-refractivity contribution in [2.24, 2.45) is 0 Å². The lowest BCUT2D eigenvalue weighted by molar-refractivity contribution is 0.867. The van der Waals surface area contributed by atoms with E-state index in [9.17, 15) is 0 Å². The van der Waals surface area contributed by atoms with E-state index < -0.39 is 0 Å². The molecule has 0 bridgehead atoms. The standard InChI is InChI=1S/C9H13P.H3P.H2/c1-7(2)8-3-5-9(10)6-4-8;;/h3-7H,10H2,1-2H3;1H3;1H/i;;1+1. The molecule has 0 saturated carbocycles. The highest BCUT2D eigenvalue weighted by atomic mass is 31.0. The van der Waals surface area contributed by atoms with Crippen LogP contribution in [0.15, 0.2) is 24.3 Å². The molecule has 0 aliphatic carbocycles. The fraction of sp³-hybridized carbons (Fsp3) is 0.333. The van der Waals surface area contributed by atoms with Crippen LogP contribution in [0.1, 0.15) is 26.8 Å². The van der Waals surface area contributed by atoms with Crippen molar-refractivity contribution in [3.63, 3.8) is 0 Å². The molecule has 0 nitrogen and oxygen atoms in total. The van der Waals surface area contributed by atoms with Crippen molar-refractivity contribution in [2.75, 3.05) is 0 Å². The molecule has 0 saturated heterocycles. The summed E-state index contributed by atoms with van der Waals surface area (Å²) in [6, 6.07) is 8.60. The van der Waals surface area contributed by atoms with Crippen molar-refractivity contribution in [3.8, 4) is 0 Å². The first-order valence-electron chi connectivity index (χ1n) is 3.55. The number of benzene rings is 1. The van der Waals surface area contributed by atoms with Crippen LogP contribution in [0, 0.1) is 0 Å². The minimum atomic E-state index is 0. The molecule has 0 spiro atoms. The van der Waals surface area contributed by atoms with Gasteiger partial charge in [-0.1, -0.05) is 38.1 Å². The van der Waals surface area contributed by atoms with E-state index in [2.05, 4.69) is 47.4 Å². The molecule has 2 atom stereocenters. The molecule has 11 heavy (non-hydrogen) atoms. The van der Waals surface area contributed by atoms with E-state index in [0.717, 1.165) is 0 Å². The van der Waals surface area contributed by atoms with Crippen molar-refractivity contribution in [2.45, 2.75) is 19.8 Å². The monoisotopic (exact) mass is 189 g/mol. The van der Waals surface area contributed by atoms with Gasteiger partial charge in [0, 0.05) is 1.43 Å². The fourth-order valence-electron chi connectivity index (χ4n) is 0.881. The van der Waals surface area contributed by atoms with Crippen molar-refractivity contribution in [1.29, 1.82) is 0 Å². The van der Waals surface area contributed by atoms with E-state index >= 15 is 0 Å². The van der Waals surface area contributed by atoms with E-state index in [-0.39, 0.29) is 11.3 Å². The van der Waals surface area contributed by atoms with Gasteiger partial charge in [0.2, 0.25) is 0 Å². The normalized spacial score (nSPS) is 9.45. The maximum atomic E-state index is 2.68. The molecular weight excluding hydrogens is 170 g/mol. The zero-order valence-electron chi connectivity index (χ0n) is 7.17. The zero-order valence-corrected chi connectivity index (χ0v) is 9.74. The molecule has 0 aliphatic rings. The fourth-order valence-corrected chi connectivity index (χ4v) is 1.07. The zero-order chi connectivity index (χ0) is 7.56. The Morgan fingerprint density at radius 2 is 1.64 bits per heavy atom. The average molecular weight is 189 g/mol. The quantitative estimate of drug-likeness (QED) is 0.596. The number of hydrogen-bond donors (Lipinski definition) is 0. The highest BCUT2D eigenvalue weighted by Gasteiger charge is 1.95. The Morgan fingerprint density at radius 1 is 1.18 bits per heavy atom. The van der Waals surface area contributed by atoms with Crippen molar-refractivity contribution in [1.82, 2.24) is 0 Å². The Hall–Kier alpha value is 0.0800. The SMILES string of the molecule is CC(C)c1ccc(P)cc1.P.[2HH]. The van der Waals surface area contributed by atoms with Crippen molar-refractivity contribution >= 4 is 24.4 Å². The Morgan fingerprint density at radius 3 is 2.00 bits per heavy atom. The second kappa shape index (κ2) is 4.86. The summed E-state index contributed by atoms with van der Waals surface area (Å²) in [5.41, 5.74) is 1.41. The van der Waals surface area contributed by atoms with E-state index in [1.165, 1.54) is 10.9 Å². The summed E-state index contributed by atoms with van der Waals surface area (Å²) in [5, 5.41) is 1.25.